The lowest BCUT2D eigenvalue weighted by atomic mass is 10.4. The predicted molar refractivity (Wildman–Crippen MR) is 57.4 cm³/mol. The molecule has 2 N–H and O–H groups in total. The molecule has 2 aromatic heterocycles. The van der Waals surface area contributed by atoms with Gasteiger partial charge in [0.1, 0.15) is 5.69 Å². The summed E-state index contributed by atoms with van der Waals surface area (Å²) >= 11 is 0. The van der Waals surface area contributed by atoms with Crippen molar-refractivity contribution in [3.8, 4) is 0 Å². The zero-order valence-electron chi connectivity index (χ0n) is 9.32. The second-order valence-corrected chi connectivity index (χ2v) is 3.46. The highest BCUT2D eigenvalue weighted by Gasteiger charge is 2.17. The summed E-state index contributed by atoms with van der Waals surface area (Å²) in [4.78, 5) is 21.8. The zero-order chi connectivity index (χ0) is 13.1. The Morgan fingerprint density at radius 3 is 3.00 bits per heavy atom. The van der Waals surface area contributed by atoms with E-state index in [1.54, 1.807) is 7.05 Å². The molecule has 0 bridgehead atoms. The third-order valence-corrected chi connectivity index (χ3v) is 2.23. The Kier molecular flexibility index (Phi) is 3.00. The van der Waals surface area contributed by atoms with Crippen molar-refractivity contribution >= 4 is 11.6 Å². The Morgan fingerprint density at radius 1 is 1.67 bits per heavy atom. The van der Waals surface area contributed by atoms with E-state index in [-0.39, 0.29) is 17.9 Å². The van der Waals surface area contributed by atoms with Crippen LogP contribution in [0.25, 0.3) is 0 Å². The number of nitrogens with zero attached hydrogens (tertiary/aromatic N) is 5. The van der Waals surface area contributed by atoms with Gasteiger partial charge in [-0.05, 0) is 0 Å². The highest BCUT2D eigenvalue weighted by Crippen LogP contribution is 2.14. The van der Waals surface area contributed by atoms with E-state index in [2.05, 4.69) is 25.9 Å². The molecule has 1 amide bonds. The van der Waals surface area contributed by atoms with E-state index in [9.17, 15) is 14.9 Å². The average Bonchev–Trinajstić information content (AvgIpc) is 2.94. The van der Waals surface area contributed by atoms with Gasteiger partial charge in [-0.25, -0.2) is 0 Å². The molecule has 0 aliphatic heterocycles. The predicted octanol–water partition coefficient (Wildman–Crippen LogP) is -0.624. The number of hydrogen-bond donors (Lipinski definition) is 2. The molecule has 2 rings (SSSR count). The number of amides is 1. The van der Waals surface area contributed by atoms with E-state index in [0.29, 0.717) is 5.82 Å². The van der Waals surface area contributed by atoms with Gasteiger partial charge in [-0.15, -0.1) is 10.2 Å². The molecule has 10 heteroatoms. The average molecular weight is 251 g/mol. The number of nitro groups is 1. The smallest absolute Gasteiger partial charge is 0.287 e. The fourth-order valence-corrected chi connectivity index (χ4v) is 1.38. The molecule has 0 unspecified atom stereocenters. The summed E-state index contributed by atoms with van der Waals surface area (Å²) in [7, 11) is 1.55. The van der Waals surface area contributed by atoms with E-state index < -0.39 is 10.8 Å². The standard InChI is InChI=1S/C8H9N7O3/c1-14-4-5(15(17)18)2-6(14)8(16)9-3-7-10-12-13-11-7/h2,4H,3H2,1H3,(H,9,16)(H,10,11,12,13). The quantitative estimate of drug-likeness (QED) is 0.549. The number of tetrazole rings is 1. The van der Waals surface area contributed by atoms with E-state index in [1.165, 1.54) is 16.8 Å². The normalized spacial score (nSPS) is 10.3. The maximum absolute atomic E-state index is 11.8. The molecule has 10 nitrogen and oxygen atoms in total. The molecule has 2 heterocycles. The number of H-pyrrole nitrogens is 1. The summed E-state index contributed by atoms with van der Waals surface area (Å²) in [6, 6.07) is 1.20. The number of carbonyl (C=O) groups excluding carboxylic acids is 1. The fraction of sp³-hybridized carbons (Fsp3) is 0.250. The van der Waals surface area contributed by atoms with Crippen molar-refractivity contribution in [1.29, 1.82) is 0 Å². The maximum atomic E-state index is 11.8. The maximum Gasteiger partial charge on any atom is 0.287 e. The minimum Gasteiger partial charge on any atom is -0.343 e. The number of nitrogens with one attached hydrogen (secondary N) is 2. The topological polar surface area (TPSA) is 132 Å². The lowest BCUT2D eigenvalue weighted by Gasteiger charge is -2.02. The Balaban J connectivity index is 2.06. The van der Waals surface area contributed by atoms with Crippen LogP contribution in [0.1, 0.15) is 16.3 Å². The lowest BCUT2D eigenvalue weighted by Crippen LogP contribution is -2.25. The van der Waals surface area contributed by atoms with Crippen molar-refractivity contribution in [2.75, 3.05) is 0 Å². The van der Waals surface area contributed by atoms with Crippen molar-refractivity contribution in [3.63, 3.8) is 0 Å². The Labute approximate surface area is 100 Å². The number of aryl methyl sites for hydroxylation is 1. The molecule has 2 aromatic rings. The molecule has 18 heavy (non-hydrogen) atoms. The van der Waals surface area contributed by atoms with Gasteiger partial charge in [-0.1, -0.05) is 5.21 Å². The number of carbonyl (C=O) groups is 1. The first kappa shape index (κ1) is 11.7. The van der Waals surface area contributed by atoms with Crippen molar-refractivity contribution < 1.29 is 9.72 Å². The van der Waals surface area contributed by atoms with E-state index in [0.717, 1.165) is 0 Å². The zero-order valence-corrected chi connectivity index (χ0v) is 9.32. The monoisotopic (exact) mass is 251 g/mol. The Bertz CT molecular complexity index is 574. The van der Waals surface area contributed by atoms with Crippen LogP contribution in [0.3, 0.4) is 0 Å². The van der Waals surface area contributed by atoms with Crippen LogP contribution < -0.4 is 5.32 Å². The minimum absolute atomic E-state index is 0.0916. The number of aromatic nitrogens is 5. The molecule has 94 valence electrons. The fourth-order valence-electron chi connectivity index (χ4n) is 1.38. The van der Waals surface area contributed by atoms with Crippen molar-refractivity contribution in [2.24, 2.45) is 7.05 Å². The van der Waals surface area contributed by atoms with Gasteiger partial charge in [0, 0.05) is 13.1 Å². The van der Waals surface area contributed by atoms with E-state index in [1.807, 2.05) is 0 Å². The molecule has 0 fully saturated rings. The molecule has 0 aliphatic rings. The molecule has 0 aromatic carbocycles. The van der Waals surface area contributed by atoms with Crippen LogP contribution in [-0.4, -0.2) is 36.0 Å². The van der Waals surface area contributed by atoms with Crippen LogP contribution >= 0.6 is 0 Å². The summed E-state index contributed by atoms with van der Waals surface area (Å²) in [5.74, 6) is -0.123. The molecular weight excluding hydrogens is 242 g/mol. The molecule has 0 radical (unpaired) electrons. The van der Waals surface area contributed by atoms with Crippen molar-refractivity contribution in [1.82, 2.24) is 30.5 Å². The van der Waals surface area contributed by atoms with Gasteiger partial charge in [0.2, 0.25) is 0 Å². The van der Waals surface area contributed by atoms with Gasteiger partial charge in [0.15, 0.2) is 5.82 Å². The Hall–Kier alpha value is -2.78. The molecule has 0 saturated heterocycles. The number of rotatable bonds is 4. The first-order valence-corrected chi connectivity index (χ1v) is 4.89. The molecular formula is C8H9N7O3. The van der Waals surface area contributed by atoms with Crippen LogP contribution in [0.4, 0.5) is 5.69 Å². The molecule has 0 saturated carbocycles. The van der Waals surface area contributed by atoms with Gasteiger partial charge in [0.05, 0.1) is 17.7 Å². The van der Waals surface area contributed by atoms with Gasteiger partial charge in [0.25, 0.3) is 11.6 Å². The molecule has 0 aliphatic carbocycles. The second-order valence-electron chi connectivity index (χ2n) is 3.46. The van der Waals surface area contributed by atoms with Crippen LogP contribution in [0.5, 0.6) is 0 Å². The lowest BCUT2D eigenvalue weighted by molar-refractivity contribution is -0.384. The summed E-state index contributed by atoms with van der Waals surface area (Å²) in [5, 5.41) is 26.0. The van der Waals surface area contributed by atoms with Crippen LogP contribution in [0.15, 0.2) is 12.3 Å². The summed E-state index contributed by atoms with van der Waals surface area (Å²) in [5.41, 5.74) is 0.0485. The second kappa shape index (κ2) is 4.61. The van der Waals surface area contributed by atoms with Gasteiger partial charge in [-0.2, -0.15) is 5.21 Å². The SMILES string of the molecule is Cn1cc([N+](=O)[O-])cc1C(=O)NCc1nn[nH]n1. The van der Waals surface area contributed by atoms with Crippen LogP contribution in [-0.2, 0) is 13.6 Å². The highest BCUT2D eigenvalue weighted by atomic mass is 16.6. The third kappa shape index (κ3) is 2.31. The Morgan fingerprint density at radius 2 is 2.44 bits per heavy atom. The summed E-state index contributed by atoms with van der Waals surface area (Å²) in [6.07, 6.45) is 1.27. The summed E-state index contributed by atoms with van der Waals surface area (Å²) < 4.78 is 1.38. The third-order valence-electron chi connectivity index (χ3n) is 2.23. The largest absolute Gasteiger partial charge is 0.343 e. The van der Waals surface area contributed by atoms with Crippen LogP contribution in [0.2, 0.25) is 0 Å². The number of hydrogen-bond acceptors (Lipinski definition) is 6. The summed E-state index contributed by atoms with van der Waals surface area (Å²) in [6.45, 7) is 0.0916. The van der Waals surface area contributed by atoms with Crippen LogP contribution in [0, 0.1) is 10.1 Å². The first-order chi connectivity index (χ1) is 8.58. The highest BCUT2D eigenvalue weighted by molar-refractivity contribution is 5.93. The van der Waals surface area contributed by atoms with Gasteiger partial charge in [-0.3, -0.25) is 14.9 Å². The first-order valence-electron chi connectivity index (χ1n) is 4.89. The van der Waals surface area contributed by atoms with Crippen molar-refractivity contribution in [3.05, 3.63) is 33.9 Å². The molecule has 0 spiro atoms. The van der Waals surface area contributed by atoms with Gasteiger partial charge >= 0.3 is 0 Å². The van der Waals surface area contributed by atoms with Crippen molar-refractivity contribution in [2.45, 2.75) is 6.54 Å². The molecule has 0 atom stereocenters. The van der Waals surface area contributed by atoms with Gasteiger partial charge < -0.3 is 9.88 Å². The van der Waals surface area contributed by atoms with E-state index >= 15 is 0 Å². The van der Waals surface area contributed by atoms with E-state index in [4.69, 9.17) is 0 Å². The number of aromatic amines is 1. The minimum atomic E-state index is -0.560.